The largest absolute Gasteiger partial charge is 0.496 e. The van der Waals surface area contributed by atoms with Crippen molar-refractivity contribution in [3.8, 4) is 5.75 Å². The van der Waals surface area contributed by atoms with E-state index in [0.29, 0.717) is 36.5 Å². The first-order valence-corrected chi connectivity index (χ1v) is 12.9. The zero-order chi connectivity index (χ0) is 26.2. The number of hydrogen-bond acceptors (Lipinski definition) is 5. The van der Waals surface area contributed by atoms with Crippen molar-refractivity contribution in [2.45, 2.75) is 84.8 Å². The number of fused-ring (bicyclic) bond motifs is 1. The van der Waals surface area contributed by atoms with Gasteiger partial charge >= 0.3 is 5.69 Å². The molecule has 9 nitrogen and oxygen atoms in total. The van der Waals surface area contributed by atoms with Gasteiger partial charge in [-0.15, -0.1) is 0 Å². The van der Waals surface area contributed by atoms with E-state index in [9.17, 15) is 14.4 Å². The summed E-state index contributed by atoms with van der Waals surface area (Å²) >= 11 is 0. The molecule has 1 aromatic carbocycles. The minimum absolute atomic E-state index is 0.0298. The monoisotopic (exact) mass is 497 g/mol. The van der Waals surface area contributed by atoms with Gasteiger partial charge in [-0.25, -0.2) is 9.78 Å². The maximum absolute atomic E-state index is 13.2. The van der Waals surface area contributed by atoms with Gasteiger partial charge in [0.05, 0.1) is 13.2 Å². The molecule has 2 aromatic heterocycles. The first kappa shape index (κ1) is 27.2. The smallest absolute Gasteiger partial charge is 0.330 e. The van der Waals surface area contributed by atoms with Crippen LogP contribution in [0, 0.1) is 0 Å². The number of nitrogens with zero attached hydrogens (tertiary/aromatic N) is 4. The highest BCUT2D eigenvalue weighted by Crippen LogP contribution is 2.28. The SMILES string of the molecule is CCCCCn1c(CCC(=O)N(C)C(C)c2ccccc2OC)nc2c1c(=O)[nH]c(=O)n2CCCC. The number of H-pyrrole nitrogens is 1. The summed E-state index contributed by atoms with van der Waals surface area (Å²) in [6, 6.07) is 7.52. The fraction of sp³-hybridized carbons (Fsp3) is 0.556. The first-order valence-electron chi connectivity index (χ1n) is 12.9. The molecular weight excluding hydrogens is 458 g/mol. The van der Waals surface area contributed by atoms with Gasteiger partial charge in [0, 0.05) is 38.5 Å². The Hall–Kier alpha value is -3.36. The molecule has 0 saturated heterocycles. The second-order valence-corrected chi connectivity index (χ2v) is 9.25. The number of nitrogens with one attached hydrogen (secondary N) is 1. The van der Waals surface area contributed by atoms with Crippen LogP contribution in [0.5, 0.6) is 5.75 Å². The quantitative estimate of drug-likeness (QED) is 0.359. The van der Waals surface area contributed by atoms with Crippen molar-refractivity contribution in [3.05, 3.63) is 56.5 Å². The molecule has 0 bridgehead atoms. The van der Waals surface area contributed by atoms with Gasteiger partial charge in [-0.1, -0.05) is 51.3 Å². The van der Waals surface area contributed by atoms with Crippen LogP contribution >= 0.6 is 0 Å². The Kier molecular flexibility index (Phi) is 9.50. The zero-order valence-corrected chi connectivity index (χ0v) is 22.2. The lowest BCUT2D eigenvalue weighted by molar-refractivity contribution is -0.131. The molecule has 3 rings (SSSR count). The van der Waals surface area contributed by atoms with Crippen LogP contribution in [-0.4, -0.2) is 44.1 Å². The third-order valence-electron chi connectivity index (χ3n) is 6.81. The summed E-state index contributed by atoms with van der Waals surface area (Å²) in [7, 11) is 3.41. The summed E-state index contributed by atoms with van der Waals surface area (Å²) in [5.41, 5.74) is 0.902. The minimum atomic E-state index is -0.438. The van der Waals surface area contributed by atoms with Gasteiger partial charge in [0.2, 0.25) is 5.91 Å². The van der Waals surface area contributed by atoms with Crippen molar-refractivity contribution in [2.24, 2.45) is 0 Å². The Bertz CT molecular complexity index is 1290. The lowest BCUT2D eigenvalue weighted by atomic mass is 10.1. The number of carbonyl (C=O) groups excluding carboxylic acids is 1. The van der Waals surface area contributed by atoms with Crippen LogP contribution < -0.4 is 16.0 Å². The summed E-state index contributed by atoms with van der Waals surface area (Å²) in [5, 5.41) is 0. The molecule has 36 heavy (non-hydrogen) atoms. The normalized spacial score (nSPS) is 12.1. The lowest BCUT2D eigenvalue weighted by Gasteiger charge is -2.26. The number of amides is 1. The Morgan fingerprint density at radius 2 is 1.78 bits per heavy atom. The van der Waals surface area contributed by atoms with E-state index in [2.05, 4.69) is 18.8 Å². The number of rotatable bonds is 13. The highest BCUT2D eigenvalue weighted by atomic mass is 16.5. The standard InChI is InChI=1S/C27H39N5O4/c1-6-8-12-18-31-22(28-25-24(31)26(34)29-27(35)32(25)17-9-7-2)15-16-23(33)30(4)19(3)20-13-10-11-14-21(20)36-5/h10-11,13-14,19H,6-9,12,15-18H2,1-5H3,(H,29,34,35). The molecule has 0 aliphatic carbocycles. The topological polar surface area (TPSA) is 102 Å². The number of ether oxygens (including phenoxy) is 1. The maximum atomic E-state index is 13.2. The number of aromatic nitrogens is 4. The van der Waals surface area contributed by atoms with E-state index in [0.717, 1.165) is 43.4 Å². The summed E-state index contributed by atoms with van der Waals surface area (Å²) < 4.78 is 8.93. The van der Waals surface area contributed by atoms with Crippen molar-refractivity contribution < 1.29 is 9.53 Å². The Morgan fingerprint density at radius 3 is 2.47 bits per heavy atom. The minimum Gasteiger partial charge on any atom is -0.496 e. The van der Waals surface area contributed by atoms with Crippen molar-refractivity contribution >= 4 is 17.1 Å². The molecule has 0 aliphatic rings. The molecule has 3 aromatic rings. The fourth-order valence-electron chi connectivity index (χ4n) is 4.52. The molecule has 0 aliphatic heterocycles. The maximum Gasteiger partial charge on any atom is 0.330 e. The third kappa shape index (κ3) is 5.88. The molecule has 9 heteroatoms. The first-order chi connectivity index (χ1) is 17.3. The number of methoxy groups -OCH3 is 1. The predicted octanol–water partition coefficient (Wildman–Crippen LogP) is 4.04. The molecule has 0 fully saturated rings. The predicted molar refractivity (Wildman–Crippen MR) is 142 cm³/mol. The molecule has 2 heterocycles. The summed E-state index contributed by atoms with van der Waals surface area (Å²) in [4.78, 5) is 47.5. The number of para-hydroxylation sites is 1. The van der Waals surface area contributed by atoms with Crippen LogP contribution in [0.3, 0.4) is 0 Å². The van der Waals surface area contributed by atoms with Crippen LogP contribution in [-0.2, 0) is 24.3 Å². The van der Waals surface area contributed by atoms with E-state index in [-0.39, 0.29) is 18.4 Å². The molecule has 0 spiro atoms. The molecule has 1 atom stereocenters. The highest BCUT2D eigenvalue weighted by Gasteiger charge is 2.23. The summed E-state index contributed by atoms with van der Waals surface area (Å²) in [6.45, 7) is 7.26. The Morgan fingerprint density at radius 1 is 1.08 bits per heavy atom. The average Bonchev–Trinajstić information content (AvgIpc) is 3.25. The van der Waals surface area contributed by atoms with E-state index >= 15 is 0 Å². The van der Waals surface area contributed by atoms with Crippen LogP contribution in [0.1, 0.15) is 76.7 Å². The lowest BCUT2D eigenvalue weighted by Crippen LogP contribution is -2.31. The third-order valence-corrected chi connectivity index (χ3v) is 6.81. The van der Waals surface area contributed by atoms with Crippen LogP contribution in [0.2, 0.25) is 0 Å². The van der Waals surface area contributed by atoms with Crippen LogP contribution in [0.25, 0.3) is 11.2 Å². The van der Waals surface area contributed by atoms with Crippen molar-refractivity contribution in [1.82, 2.24) is 24.0 Å². The van der Waals surface area contributed by atoms with Gasteiger partial charge in [-0.3, -0.25) is 19.1 Å². The van der Waals surface area contributed by atoms with Gasteiger partial charge in [-0.05, 0) is 25.8 Å². The van der Waals surface area contributed by atoms with E-state index < -0.39 is 11.2 Å². The fourth-order valence-corrected chi connectivity index (χ4v) is 4.52. The molecule has 196 valence electrons. The van der Waals surface area contributed by atoms with Gasteiger partial charge in [0.25, 0.3) is 5.56 Å². The van der Waals surface area contributed by atoms with Crippen LogP contribution in [0.15, 0.2) is 33.9 Å². The second kappa shape index (κ2) is 12.6. The Balaban J connectivity index is 1.90. The van der Waals surface area contributed by atoms with E-state index in [1.165, 1.54) is 0 Å². The summed E-state index contributed by atoms with van der Waals surface area (Å²) in [5.74, 6) is 1.37. The Labute approximate surface area is 212 Å². The number of aromatic amines is 1. The van der Waals surface area contributed by atoms with Crippen molar-refractivity contribution in [1.29, 1.82) is 0 Å². The van der Waals surface area contributed by atoms with Crippen LogP contribution in [0.4, 0.5) is 0 Å². The average molecular weight is 498 g/mol. The summed E-state index contributed by atoms with van der Waals surface area (Å²) in [6.07, 6.45) is 5.30. The zero-order valence-electron chi connectivity index (χ0n) is 22.2. The molecule has 1 unspecified atom stereocenters. The number of aryl methyl sites for hydroxylation is 3. The molecule has 0 radical (unpaired) electrons. The molecule has 1 amide bonds. The van der Waals surface area contributed by atoms with E-state index in [4.69, 9.17) is 9.72 Å². The highest BCUT2D eigenvalue weighted by molar-refractivity contribution is 5.77. The van der Waals surface area contributed by atoms with E-state index in [1.807, 2.05) is 35.8 Å². The van der Waals surface area contributed by atoms with Gasteiger partial charge in [0.15, 0.2) is 11.2 Å². The molecule has 1 N–H and O–H groups in total. The van der Waals surface area contributed by atoms with Gasteiger partial charge in [0.1, 0.15) is 11.6 Å². The number of unbranched alkanes of at least 4 members (excludes halogenated alkanes) is 3. The van der Waals surface area contributed by atoms with Crippen molar-refractivity contribution in [3.63, 3.8) is 0 Å². The van der Waals surface area contributed by atoms with Gasteiger partial charge < -0.3 is 14.2 Å². The number of carbonyl (C=O) groups is 1. The second-order valence-electron chi connectivity index (χ2n) is 9.25. The van der Waals surface area contributed by atoms with Gasteiger partial charge in [-0.2, -0.15) is 0 Å². The molecular formula is C27H39N5O4. The number of benzene rings is 1. The van der Waals surface area contributed by atoms with E-state index in [1.54, 1.807) is 23.6 Å². The van der Waals surface area contributed by atoms with Crippen molar-refractivity contribution in [2.75, 3.05) is 14.2 Å². The molecule has 0 saturated carbocycles. The number of hydrogen-bond donors (Lipinski definition) is 1. The number of imidazole rings is 1.